The normalized spacial score (nSPS) is 18.6. The number of carbonyl (C=O) groups is 1. The summed E-state index contributed by atoms with van der Waals surface area (Å²) >= 11 is 5.87. The molecule has 1 heterocycles. The maximum absolute atomic E-state index is 12.7. The number of halogens is 3. The lowest BCUT2D eigenvalue weighted by Gasteiger charge is -2.31. The van der Waals surface area contributed by atoms with Gasteiger partial charge in [0.1, 0.15) is 11.1 Å². The molecule has 1 aliphatic rings. The Morgan fingerprint density at radius 3 is 2.64 bits per heavy atom. The van der Waals surface area contributed by atoms with Crippen molar-refractivity contribution in [1.82, 2.24) is 4.90 Å². The van der Waals surface area contributed by atoms with Gasteiger partial charge < -0.3 is 14.4 Å². The minimum atomic E-state index is -2.63. The number of ether oxygens (including phenoxy) is 2. The Labute approximate surface area is 132 Å². The summed E-state index contributed by atoms with van der Waals surface area (Å²) in [5.74, 6) is 0.0862. The Morgan fingerprint density at radius 2 is 2.05 bits per heavy atom. The molecule has 0 spiro atoms. The Kier molecular flexibility index (Phi) is 5.74. The smallest absolute Gasteiger partial charge is 0.256 e. The first kappa shape index (κ1) is 16.7. The van der Waals surface area contributed by atoms with Crippen LogP contribution in [0.5, 0.6) is 5.75 Å². The van der Waals surface area contributed by atoms with Gasteiger partial charge in [0, 0.05) is 12.8 Å². The lowest BCUT2D eigenvalue weighted by molar-refractivity contribution is -0.129. The van der Waals surface area contributed by atoms with Crippen molar-refractivity contribution in [2.24, 2.45) is 0 Å². The number of amides is 1. The number of methoxy groups -OCH3 is 1. The summed E-state index contributed by atoms with van der Waals surface area (Å²) in [5.41, 5.74) is 1.10. The van der Waals surface area contributed by atoms with Crippen molar-refractivity contribution in [1.29, 1.82) is 0 Å². The summed E-state index contributed by atoms with van der Waals surface area (Å²) in [6, 6.07) is 6.79. The predicted octanol–water partition coefficient (Wildman–Crippen LogP) is 3.12. The third-order valence-electron chi connectivity index (χ3n) is 3.16. The Bertz CT molecular complexity index is 548. The second kappa shape index (κ2) is 7.56. The fraction of sp³-hybridized carbons (Fsp3) is 0.400. The molecule has 0 bridgehead atoms. The first-order valence-corrected chi connectivity index (χ1v) is 7.12. The van der Waals surface area contributed by atoms with E-state index in [1.807, 2.05) is 0 Å². The van der Waals surface area contributed by atoms with Gasteiger partial charge in [-0.1, -0.05) is 6.08 Å². The fourth-order valence-corrected chi connectivity index (χ4v) is 2.37. The third kappa shape index (κ3) is 3.96. The van der Waals surface area contributed by atoms with Crippen molar-refractivity contribution in [3.05, 3.63) is 35.9 Å². The van der Waals surface area contributed by atoms with Crippen LogP contribution in [-0.2, 0) is 9.53 Å². The molecule has 0 N–H and O–H groups in total. The number of allylic oxidation sites excluding steroid dienone is 1. The van der Waals surface area contributed by atoms with E-state index in [9.17, 15) is 13.6 Å². The topological polar surface area (TPSA) is 38.8 Å². The molecule has 1 aromatic rings. The van der Waals surface area contributed by atoms with Crippen molar-refractivity contribution in [3.8, 4) is 5.75 Å². The van der Waals surface area contributed by atoms with E-state index < -0.39 is 24.3 Å². The van der Waals surface area contributed by atoms with Crippen LogP contribution in [0.1, 0.15) is 12.0 Å². The van der Waals surface area contributed by atoms with E-state index in [0.717, 1.165) is 4.90 Å². The average molecular weight is 332 g/mol. The molecule has 0 saturated heterocycles. The van der Waals surface area contributed by atoms with E-state index in [4.69, 9.17) is 21.1 Å². The molecule has 0 radical (unpaired) electrons. The SMILES string of the molecule is COCOc1ccc(C2=CCC(Cl)C(=O)N2CC(F)F)cc1. The van der Waals surface area contributed by atoms with Gasteiger partial charge in [-0.2, -0.15) is 0 Å². The molecule has 1 unspecified atom stereocenters. The molecular weight excluding hydrogens is 316 g/mol. The zero-order valence-corrected chi connectivity index (χ0v) is 12.7. The summed E-state index contributed by atoms with van der Waals surface area (Å²) < 4.78 is 35.5. The quantitative estimate of drug-likeness (QED) is 0.594. The van der Waals surface area contributed by atoms with E-state index >= 15 is 0 Å². The number of hydrogen-bond acceptors (Lipinski definition) is 3. The highest BCUT2D eigenvalue weighted by atomic mass is 35.5. The second-order valence-electron chi connectivity index (χ2n) is 4.71. The highest BCUT2D eigenvalue weighted by Gasteiger charge is 2.31. The second-order valence-corrected chi connectivity index (χ2v) is 5.23. The maximum Gasteiger partial charge on any atom is 0.256 e. The van der Waals surface area contributed by atoms with Gasteiger partial charge in [-0.3, -0.25) is 4.79 Å². The van der Waals surface area contributed by atoms with E-state index in [1.165, 1.54) is 7.11 Å². The van der Waals surface area contributed by atoms with Gasteiger partial charge in [-0.15, -0.1) is 11.6 Å². The number of hydrogen-bond donors (Lipinski definition) is 0. The summed E-state index contributed by atoms with van der Waals surface area (Å²) in [4.78, 5) is 13.1. The number of benzene rings is 1. The van der Waals surface area contributed by atoms with Crippen LogP contribution in [0, 0.1) is 0 Å². The molecule has 0 fully saturated rings. The lowest BCUT2D eigenvalue weighted by Crippen LogP contribution is -2.41. The van der Waals surface area contributed by atoms with Crippen LogP contribution in [0.25, 0.3) is 5.70 Å². The lowest BCUT2D eigenvalue weighted by atomic mass is 10.0. The number of carbonyl (C=O) groups excluding carboxylic acids is 1. The molecule has 0 saturated carbocycles. The van der Waals surface area contributed by atoms with E-state index in [1.54, 1.807) is 30.3 Å². The molecular formula is C15H16ClF2NO3. The van der Waals surface area contributed by atoms with Gasteiger partial charge in [0.15, 0.2) is 6.79 Å². The molecule has 2 rings (SSSR count). The number of nitrogens with zero attached hydrogens (tertiary/aromatic N) is 1. The van der Waals surface area contributed by atoms with Crippen LogP contribution < -0.4 is 4.74 Å². The van der Waals surface area contributed by atoms with E-state index in [0.29, 0.717) is 23.4 Å². The molecule has 1 aliphatic heterocycles. The van der Waals surface area contributed by atoms with Gasteiger partial charge in [-0.25, -0.2) is 8.78 Å². The van der Waals surface area contributed by atoms with Crippen molar-refractivity contribution in [2.45, 2.75) is 18.2 Å². The Hall–Kier alpha value is -1.66. The van der Waals surface area contributed by atoms with E-state index in [-0.39, 0.29) is 6.79 Å². The zero-order valence-electron chi connectivity index (χ0n) is 12.0. The predicted molar refractivity (Wildman–Crippen MR) is 78.9 cm³/mol. The summed E-state index contributed by atoms with van der Waals surface area (Å²) in [7, 11) is 1.51. The average Bonchev–Trinajstić information content (AvgIpc) is 2.50. The molecule has 1 aromatic carbocycles. The number of alkyl halides is 3. The monoisotopic (exact) mass is 331 g/mol. The summed E-state index contributed by atoms with van der Waals surface area (Å²) in [5, 5.41) is -0.799. The summed E-state index contributed by atoms with van der Waals surface area (Å²) in [6.07, 6.45) is -0.609. The number of rotatable bonds is 6. The van der Waals surface area contributed by atoms with Gasteiger partial charge >= 0.3 is 0 Å². The van der Waals surface area contributed by atoms with Crippen LogP contribution in [0.4, 0.5) is 8.78 Å². The zero-order chi connectivity index (χ0) is 16.1. The molecule has 22 heavy (non-hydrogen) atoms. The molecule has 1 atom stereocenters. The first-order chi connectivity index (χ1) is 10.5. The molecule has 120 valence electrons. The van der Waals surface area contributed by atoms with Crippen LogP contribution in [0.3, 0.4) is 0 Å². The van der Waals surface area contributed by atoms with Crippen LogP contribution in [0.15, 0.2) is 30.3 Å². The van der Waals surface area contributed by atoms with Crippen LogP contribution in [0.2, 0.25) is 0 Å². The molecule has 0 aliphatic carbocycles. The third-order valence-corrected chi connectivity index (χ3v) is 3.52. The van der Waals surface area contributed by atoms with Crippen molar-refractivity contribution < 1.29 is 23.0 Å². The highest BCUT2D eigenvalue weighted by molar-refractivity contribution is 6.31. The minimum absolute atomic E-state index is 0.117. The van der Waals surface area contributed by atoms with Crippen molar-refractivity contribution in [3.63, 3.8) is 0 Å². The molecule has 7 heteroatoms. The fourth-order valence-electron chi connectivity index (χ4n) is 2.16. The Balaban J connectivity index is 2.22. The van der Waals surface area contributed by atoms with Gasteiger partial charge in [-0.05, 0) is 36.2 Å². The van der Waals surface area contributed by atoms with Crippen molar-refractivity contribution >= 4 is 23.2 Å². The van der Waals surface area contributed by atoms with Crippen molar-refractivity contribution in [2.75, 3.05) is 20.4 Å². The standard InChI is InChI=1S/C15H16ClF2NO3/c1-21-9-22-11-4-2-10(3-5-11)13-7-6-12(16)15(20)19(13)8-14(17)18/h2-5,7,12,14H,6,8-9H2,1H3. The highest BCUT2D eigenvalue weighted by Crippen LogP contribution is 2.29. The maximum atomic E-state index is 12.7. The largest absolute Gasteiger partial charge is 0.468 e. The molecule has 0 aromatic heterocycles. The minimum Gasteiger partial charge on any atom is -0.468 e. The first-order valence-electron chi connectivity index (χ1n) is 6.69. The van der Waals surface area contributed by atoms with Gasteiger partial charge in [0.25, 0.3) is 6.43 Å². The Morgan fingerprint density at radius 1 is 1.36 bits per heavy atom. The van der Waals surface area contributed by atoms with Crippen LogP contribution >= 0.6 is 11.6 Å². The van der Waals surface area contributed by atoms with Crippen LogP contribution in [-0.4, -0.2) is 43.1 Å². The summed E-state index contributed by atoms with van der Waals surface area (Å²) in [6.45, 7) is -0.554. The van der Waals surface area contributed by atoms with Gasteiger partial charge in [0.05, 0.1) is 6.54 Å². The molecule has 4 nitrogen and oxygen atoms in total. The van der Waals surface area contributed by atoms with Gasteiger partial charge in [0.2, 0.25) is 5.91 Å². The molecule has 1 amide bonds. The van der Waals surface area contributed by atoms with E-state index in [2.05, 4.69) is 0 Å².